The number of aromatic nitrogens is 1. The molecule has 1 heterocycles. The van der Waals surface area contributed by atoms with Crippen molar-refractivity contribution in [2.75, 3.05) is 19.0 Å². The summed E-state index contributed by atoms with van der Waals surface area (Å²) in [7, 11) is 3.92. The van der Waals surface area contributed by atoms with E-state index in [1.54, 1.807) is 12.1 Å². The lowest BCUT2D eigenvalue weighted by Gasteiger charge is -2.20. The second kappa shape index (κ2) is 6.48. The first-order chi connectivity index (χ1) is 9.60. The van der Waals surface area contributed by atoms with Gasteiger partial charge in [0.15, 0.2) is 0 Å². The molecular weight excluding hydrogens is 253 g/mol. The number of halogens is 1. The number of pyridine rings is 1. The fourth-order valence-corrected chi connectivity index (χ4v) is 2.02. The zero-order valence-corrected chi connectivity index (χ0v) is 12.1. The Kier molecular flexibility index (Phi) is 4.69. The van der Waals surface area contributed by atoms with Gasteiger partial charge in [0, 0.05) is 25.8 Å². The van der Waals surface area contributed by atoms with E-state index in [1.807, 2.05) is 26.4 Å². The molecule has 0 aliphatic heterocycles. The molecule has 106 valence electrons. The minimum absolute atomic E-state index is 0.209. The summed E-state index contributed by atoms with van der Waals surface area (Å²) in [5, 5.41) is 3.22. The van der Waals surface area contributed by atoms with Crippen LogP contribution >= 0.6 is 0 Å². The molecule has 1 unspecified atom stereocenters. The molecule has 0 saturated carbocycles. The Morgan fingerprint density at radius 1 is 1.25 bits per heavy atom. The average molecular weight is 273 g/mol. The van der Waals surface area contributed by atoms with Gasteiger partial charge in [-0.15, -0.1) is 0 Å². The molecule has 0 aliphatic rings. The lowest BCUT2D eigenvalue weighted by atomic mass is 10.1. The monoisotopic (exact) mass is 273 g/mol. The summed E-state index contributed by atoms with van der Waals surface area (Å²) >= 11 is 0. The van der Waals surface area contributed by atoms with E-state index in [0.717, 1.165) is 11.4 Å². The van der Waals surface area contributed by atoms with Crippen molar-refractivity contribution in [3.05, 3.63) is 59.5 Å². The van der Waals surface area contributed by atoms with Crippen molar-refractivity contribution in [3.8, 4) is 0 Å². The summed E-state index contributed by atoms with van der Waals surface area (Å²) in [6.07, 6.45) is 1.82. The summed E-state index contributed by atoms with van der Waals surface area (Å²) in [6, 6.07) is 10.9. The summed E-state index contributed by atoms with van der Waals surface area (Å²) in [4.78, 5) is 6.45. The predicted octanol–water partition coefficient (Wildman–Crippen LogP) is 3.14. The first-order valence-corrected chi connectivity index (χ1v) is 6.69. The summed E-state index contributed by atoms with van der Waals surface area (Å²) in [5.74, 6) is 0.702. The van der Waals surface area contributed by atoms with Gasteiger partial charge in [0.2, 0.25) is 0 Å². The minimum Gasteiger partial charge on any atom is -0.355 e. The highest BCUT2D eigenvalue weighted by Crippen LogP contribution is 2.18. The van der Waals surface area contributed by atoms with Crippen LogP contribution in [0.15, 0.2) is 42.6 Å². The molecule has 2 rings (SSSR count). The van der Waals surface area contributed by atoms with Crippen LogP contribution in [0.4, 0.5) is 10.2 Å². The third-order valence-corrected chi connectivity index (χ3v) is 3.43. The number of rotatable bonds is 5. The van der Waals surface area contributed by atoms with Crippen molar-refractivity contribution >= 4 is 5.82 Å². The Morgan fingerprint density at radius 3 is 2.60 bits per heavy atom. The Bertz CT molecular complexity index is 554. The minimum atomic E-state index is -0.209. The Hall–Kier alpha value is -1.94. The van der Waals surface area contributed by atoms with Gasteiger partial charge in [-0.3, -0.25) is 0 Å². The average Bonchev–Trinajstić information content (AvgIpc) is 2.49. The number of anilines is 1. The maximum Gasteiger partial charge on any atom is 0.128 e. The Morgan fingerprint density at radius 2 is 1.95 bits per heavy atom. The van der Waals surface area contributed by atoms with Gasteiger partial charge in [-0.2, -0.15) is 0 Å². The Labute approximate surface area is 119 Å². The van der Waals surface area contributed by atoms with Gasteiger partial charge in [0.05, 0.1) is 0 Å². The highest BCUT2D eigenvalue weighted by molar-refractivity contribution is 5.41. The van der Waals surface area contributed by atoms with Crippen LogP contribution in [-0.4, -0.2) is 19.1 Å². The number of nitrogens with zero attached hydrogens (tertiary/aromatic N) is 2. The fraction of sp³-hybridized carbons (Fsp3) is 0.312. The summed E-state index contributed by atoms with van der Waals surface area (Å²) < 4.78 is 12.9. The van der Waals surface area contributed by atoms with E-state index < -0.39 is 0 Å². The van der Waals surface area contributed by atoms with Crippen molar-refractivity contribution < 1.29 is 4.39 Å². The maximum absolute atomic E-state index is 12.9. The smallest absolute Gasteiger partial charge is 0.128 e. The van der Waals surface area contributed by atoms with E-state index in [4.69, 9.17) is 0 Å². The molecule has 0 aliphatic carbocycles. The van der Waals surface area contributed by atoms with Crippen LogP contribution in [0.3, 0.4) is 0 Å². The second-order valence-electron chi connectivity index (χ2n) is 4.94. The first-order valence-electron chi connectivity index (χ1n) is 6.69. The van der Waals surface area contributed by atoms with Crippen molar-refractivity contribution in [2.24, 2.45) is 0 Å². The van der Waals surface area contributed by atoms with Crippen molar-refractivity contribution in [1.82, 2.24) is 10.3 Å². The number of nitrogens with one attached hydrogen (secondary N) is 1. The zero-order chi connectivity index (χ0) is 14.5. The van der Waals surface area contributed by atoms with Gasteiger partial charge in [0.1, 0.15) is 11.6 Å². The van der Waals surface area contributed by atoms with Crippen LogP contribution in [-0.2, 0) is 6.54 Å². The molecule has 1 N–H and O–H groups in total. The standard InChI is InChI=1S/C16H20FN3/c1-12(18-2)14-8-9-19-16(10-14)20(3)11-13-4-6-15(17)7-5-13/h4-10,12,18H,11H2,1-3H3. The summed E-state index contributed by atoms with van der Waals surface area (Å²) in [5.41, 5.74) is 2.26. The first kappa shape index (κ1) is 14.5. The quantitative estimate of drug-likeness (QED) is 0.907. The molecule has 1 aromatic heterocycles. The molecule has 0 bridgehead atoms. The van der Waals surface area contributed by atoms with Crippen molar-refractivity contribution in [2.45, 2.75) is 19.5 Å². The van der Waals surface area contributed by atoms with Gasteiger partial charge in [-0.25, -0.2) is 9.37 Å². The van der Waals surface area contributed by atoms with Crippen LogP contribution in [0.1, 0.15) is 24.1 Å². The van der Waals surface area contributed by atoms with E-state index >= 15 is 0 Å². The van der Waals surface area contributed by atoms with Crippen molar-refractivity contribution in [1.29, 1.82) is 0 Å². The molecule has 3 nitrogen and oxygen atoms in total. The van der Waals surface area contributed by atoms with Gasteiger partial charge < -0.3 is 10.2 Å². The molecular formula is C16H20FN3. The van der Waals surface area contributed by atoms with Gasteiger partial charge in [0.25, 0.3) is 0 Å². The molecule has 2 aromatic rings. The molecule has 0 amide bonds. The molecule has 0 radical (unpaired) electrons. The summed E-state index contributed by atoms with van der Waals surface area (Å²) in [6.45, 7) is 2.81. The molecule has 4 heteroatoms. The Balaban J connectivity index is 2.12. The van der Waals surface area contributed by atoms with Crippen molar-refractivity contribution in [3.63, 3.8) is 0 Å². The van der Waals surface area contributed by atoms with E-state index in [1.165, 1.54) is 17.7 Å². The third-order valence-electron chi connectivity index (χ3n) is 3.43. The molecule has 0 fully saturated rings. The van der Waals surface area contributed by atoms with Crippen LogP contribution < -0.4 is 10.2 Å². The largest absolute Gasteiger partial charge is 0.355 e. The second-order valence-corrected chi connectivity index (χ2v) is 4.94. The van der Waals surface area contributed by atoms with Crippen LogP contribution in [0.2, 0.25) is 0 Å². The lowest BCUT2D eigenvalue weighted by Crippen LogP contribution is -2.19. The predicted molar refractivity (Wildman–Crippen MR) is 80.2 cm³/mol. The highest BCUT2D eigenvalue weighted by atomic mass is 19.1. The molecule has 0 spiro atoms. The molecule has 1 aromatic carbocycles. The highest BCUT2D eigenvalue weighted by Gasteiger charge is 2.08. The van der Waals surface area contributed by atoms with Crippen LogP contribution in [0, 0.1) is 5.82 Å². The zero-order valence-electron chi connectivity index (χ0n) is 12.1. The molecule has 0 saturated heterocycles. The van der Waals surface area contributed by atoms with E-state index in [0.29, 0.717) is 6.54 Å². The normalized spacial score (nSPS) is 12.2. The lowest BCUT2D eigenvalue weighted by molar-refractivity contribution is 0.627. The fourth-order valence-electron chi connectivity index (χ4n) is 2.02. The van der Waals surface area contributed by atoms with Crippen LogP contribution in [0.25, 0.3) is 0 Å². The number of benzene rings is 1. The van der Waals surface area contributed by atoms with Gasteiger partial charge in [-0.1, -0.05) is 12.1 Å². The SMILES string of the molecule is CNC(C)c1ccnc(N(C)Cc2ccc(F)cc2)c1. The topological polar surface area (TPSA) is 28.2 Å². The van der Waals surface area contributed by atoms with Gasteiger partial charge >= 0.3 is 0 Å². The number of hydrogen-bond donors (Lipinski definition) is 1. The third kappa shape index (κ3) is 3.54. The van der Waals surface area contributed by atoms with Crippen LogP contribution in [0.5, 0.6) is 0 Å². The molecule has 20 heavy (non-hydrogen) atoms. The maximum atomic E-state index is 12.9. The van der Waals surface area contributed by atoms with E-state index in [-0.39, 0.29) is 11.9 Å². The molecule has 1 atom stereocenters. The van der Waals surface area contributed by atoms with E-state index in [2.05, 4.69) is 28.2 Å². The van der Waals surface area contributed by atoms with Gasteiger partial charge in [-0.05, 0) is 49.4 Å². The number of hydrogen-bond acceptors (Lipinski definition) is 3. The van der Waals surface area contributed by atoms with E-state index in [9.17, 15) is 4.39 Å².